The Morgan fingerprint density at radius 1 is 0.756 bits per heavy atom. The number of amides is 1. The fourth-order valence-corrected chi connectivity index (χ4v) is 7.18. The normalized spacial score (nSPS) is 17.7. The highest BCUT2D eigenvalue weighted by Gasteiger charge is 2.40. The number of nitrogens with zero attached hydrogens (tertiary/aromatic N) is 3. The molecule has 4 aromatic carbocycles. The van der Waals surface area contributed by atoms with Crippen LogP contribution >= 0.6 is 11.6 Å². The van der Waals surface area contributed by atoms with Crippen LogP contribution in [0.1, 0.15) is 17.2 Å². The van der Waals surface area contributed by atoms with E-state index in [9.17, 15) is 13.2 Å². The van der Waals surface area contributed by atoms with Crippen LogP contribution < -0.4 is 9.04 Å². The average Bonchev–Trinajstić information content (AvgIpc) is 3.02. The number of para-hydroxylation sites is 2. The minimum atomic E-state index is -3.95. The summed E-state index contributed by atoms with van der Waals surface area (Å²) >= 11 is 6.00. The van der Waals surface area contributed by atoms with Crippen molar-refractivity contribution in [2.75, 3.05) is 37.0 Å². The van der Waals surface area contributed by atoms with Crippen LogP contribution in [0.15, 0.2) is 114 Å². The van der Waals surface area contributed by atoms with E-state index in [4.69, 9.17) is 16.3 Å². The molecule has 1 atom stereocenters. The fourth-order valence-electron chi connectivity index (χ4n) is 5.58. The number of carbonyl (C=O) groups excluding carboxylic acids is 1. The predicted molar refractivity (Wildman–Crippen MR) is 160 cm³/mol. The van der Waals surface area contributed by atoms with Gasteiger partial charge in [0, 0.05) is 31.2 Å². The number of halogens is 1. The molecule has 1 fully saturated rings. The predicted octanol–water partition coefficient (Wildman–Crippen LogP) is 5.23. The second kappa shape index (κ2) is 11.6. The van der Waals surface area contributed by atoms with Gasteiger partial charge in [0.15, 0.2) is 6.10 Å². The molecule has 0 unspecified atom stereocenters. The van der Waals surface area contributed by atoms with E-state index in [1.54, 1.807) is 41.3 Å². The van der Waals surface area contributed by atoms with Crippen molar-refractivity contribution in [3.05, 3.63) is 125 Å². The number of benzene rings is 4. The molecular weight excluding hydrogens is 558 g/mol. The average molecular weight is 588 g/mol. The monoisotopic (exact) mass is 587 g/mol. The zero-order valence-electron chi connectivity index (χ0n) is 22.3. The smallest absolute Gasteiger partial charge is 0.265 e. The van der Waals surface area contributed by atoms with Gasteiger partial charge in [0.05, 0.1) is 23.2 Å². The Balaban J connectivity index is 1.21. The lowest BCUT2D eigenvalue weighted by Gasteiger charge is -2.42. The van der Waals surface area contributed by atoms with E-state index in [2.05, 4.69) is 29.2 Å². The van der Waals surface area contributed by atoms with E-state index in [0.29, 0.717) is 42.6 Å². The second-order valence-electron chi connectivity index (χ2n) is 10.1. The molecule has 6 rings (SSSR count). The molecule has 0 aromatic heterocycles. The summed E-state index contributed by atoms with van der Waals surface area (Å²) in [5, 5.41) is 0.445. The molecule has 0 bridgehead atoms. The number of fused-ring (bicyclic) bond motifs is 1. The van der Waals surface area contributed by atoms with Crippen LogP contribution in [0.25, 0.3) is 0 Å². The number of hydrogen-bond donors (Lipinski definition) is 0. The zero-order valence-corrected chi connectivity index (χ0v) is 23.9. The van der Waals surface area contributed by atoms with Crippen molar-refractivity contribution in [3.63, 3.8) is 0 Å². The lowest BCUT2D eigenvalue weighted by atomic mass is 9.96. The van der Waals surface area contributed by atoms with Gasteiger partial charge < -0.3 is 9.64 Å². The van der Waals surface area contributed by atoms with Gasteiger partial charge >= 0.3 is 0 Å². The van der Waals surface area contributed by atoms with Crippen molar-refractivity contribution in [3.8, 4) is 5.75 Å². The van der Waals surface area contributed by atoms with Crippen LogP contribution in [0.5, 0.6) is 5.75 Å². The van der Waals surface area contributed by atoms with E-state index in [-0.39, 0.29) is 23.4 Å². The van der Waals surface area contributed by atoms with Gasteiger partial charge in [0.1, 0.15) is 5.75 Å². The van der Waals surface area contributed by atoms with Gasteiger partial charge in [-0.3, -0.25) is 14.0 Å². The third kappa shape index (κ3) is 5.55. The van der Waals surface area contributed by atoms with Gasteiger partial charge in [0.2, 0.25) is 0 Å². The molecule has 0 radical (unpaired) electrons. The maximum absolute atomic E-state index is 13.8. The Labute approximate surface area is 245 Å². The molecular formula is C32H30ClN3O4S. The van der Waals surface area contributed by atoms with Crippen LogP contribution in [0.3, 0.4) is 0 Å². The number of hydrogen-bond acceptors (Lipinski definition) is 5. The second-order valence-corrected chi connectivity index (χ2v) is 12.4. The lowest BCUT2D eigenvalue weighted by molar-refractivity contribution is -0.140. The van der Waals surface area contributed by atoms with Crippen LogP contribution in [0.4, 0.5) is 5.69 Å². The summed E-state index contributed by atoms with van der Waals surface area (Å²) in [7, 11) is -3.95. The van der Waals surface area contributed by atoms with Crippen molar-refractivity contribution in [2.45, 2.75) is 17.0 Å². The molecule has 0 spiro atoms. The topological polar surface area (TPSA) is 70.2 Å². The van der Waals surface area contributed by atoms with Gasteiger partial charge in [-0.2, -0.15) is 0 Å². The van der Waals surface area contributed by atoms with Gasteiger partial charge in [0.25, 0.3) is 15.9 Å². The van der Waals surface area contributed by atoms with Crippen LogP contribution in [0, 0.1) is 0 Å². The first kappa shape index (κ1) is 27.3. The highest BCUT2D eigenvalue weighted by Crippen LogP contribution is 2.37. The van der Waals surface area contributed by atoms with Crippen LogP contribution in [0.2, 0.25) is 5.02 Å². The summed E-state index contributed by atoms with van der Waals surface area (Å²) in [6, 6.07) is 33.8. The summed E-state index contributed by atoms with van der Waals surface area (Å²) in [5.74, 6) is 0.146. The third-order valence-electron chi connectivity index (χ3n) is 7.63. The van der Waals surface area contributed by atoms with Crippen molar-refractivity contribution in [2.24, 2.45) is 0 Å². The summed E-state index contributed by atoms with van der Waals surface area (Å²) in [4.78, 5) is 18.1. The van der Waals surface area contributed by atoms with Crippen molar-refractivity contribution in [1.29, 1.82) is 0 Å². The maximum Gasteiger partial charge on any atom is 0.265 e. The molecule has 0 aliphatic carbocycles. The summed E-state index contributed by atoms with van der Waals surface area (Å²) < 4.78 is 34.8. The Bertz CT molecular complexity index is 1570. The first-order valence-corrected chi connectivity index (χ1v) is 15.4. The zero-order chi connectivity index (χ0) is 28.4. The van der Waals surface area contributed by atoms with E-state index in [0.717, 1.165) is 0 Å². The van der Waals surface area contributed by atoms with Crippen molar-refractivity contribution < 1.29 is 17.9 Å². The Kier molecular flexibility index (Phi) is 7.71. The Hall–Kier alpha value is -3.85. The number of anilines is 1. The molecule has 1 saturated heterocycles. The molecule has 0 saturated carbocycles. The molecule has 2 aliphatic heterocycles. The summed E-state index contributed by atoms with van der Waals surface area (Å²) in [5.41, 5.74) is 2.81. The maximum atomic E-state index is 13.8. The van der Waals surface area contributed by atoms with Crippen LogP contribution in [-0.4, -0.2) is 63.0 Å². The number of sulfonamides is 1. The highest BCUT2D eigenvalue weighted by molar-refractivity contribution is 7.92. The van der Waals surface area contributed by atoms with E-state index in [1.807, 2.05) is 36.4 Å². The highest BCUT2D eigenvalue weighted by atomic mass is 35.5. The molecule has 2 aliphatic rings. The molecule has 210 valence electrons. The van der Waals surface area contributed by atoms with E-state index < -0.39 is 16.1 Å². The molecule has 9 heteroatoms. The van der Waals surface area contributed by atoms with Gasteiger partial charge in [-0.15, -0.1) is 0 Å². The minimum Gasteiger partial charge on any atom is -0.476 e. The number of ether oxygens (including phenoxy) is 1. The molecule has 7 nitrogen and oxygen atoms in total. The molecule has 2 heterocycles. The van der Waals surface area contributed by atoms with Crippen molar-refractivity contribution in [1.82, 2.24) is 9.80 Å². The number of piperazine rings is 1. The van der Waals surface area contributed by atoms with Gasteiger partial charge in [-0.1, -0.05) is 84.4 Å². The van der Waals surface area contributed by atoms with Gasteiger partial charge in [-0.25, -0.2) is 8.42 Å². The third-order valence-corrected chi connectivity index (χ3v) is 9.68. The first-order chi connectivity index (χ1) is 19.9. The Morgan fingerprint density at radius 3 is 1.93 bits per heavy atom. The minimum absolute atomic E-state index is 0.0764. The van der Waals surface area contributed by atoms with Gasteiger partial charge in [-0.05, 0) is 47.5 Å². The summed E-state index contributed by atoms with van der Waals surface area (Å²) in [6.07, 6.45) is -0.961. The van der Waals surface area contributed by atoms with Crippen LogP contribution in [-0.2, 0) is 14.8 Å². The van der Waals surface area contributed by atoms with E-state index in [1.165, 1.54) is 27.6 Å². The number of rotatable bonds is 6. The molecule has 4 aromatic rings. The standard InChI is InChI=1S/C32H30ClN3O4S/c33-26-15-17-27(18-16-26)41(38,39)36-23-30(40-29-14-8-7-13-28(29)36)32(37)35-21-19-34(20-22-35)31(24-9-3-1-4-10-24)25-11-5-2-6-12-25/h1-18,30-31H,19-23H2/t30-/m0/s1. The number of carbonyl (C=O) groups is 1. The lowest BCUT2D eigenvalue weighted by Crippen LogP contribution is -2.56. The largest absolute Gasteiger partial charge is 0.476 e. The molecule has 41 heavy (non-hydrogen) atoms. The quantitative estimate of drug-likeness (QED) is 0.309. The molecule has 0 N–H and O–H groups in total. The summed E-state index contributed by atoms with van der Waals surface area (Å²) in [6.45, 7) is 2.27. The Morgan fingerprint density at radius 2 is 1.32 bits per heavy atom. The molecule has 1 amide bonds. The first-order valence-electron chi connectivity index (χ1n) is 13.6. The fraction of sp³-hybridized carbons (Fsp3) is 0.219. The van der Waals surface area contributed by atoms with E-state index >= 15 is 0 Å². The SMILES string of the molecule is O=C([C@@H]1CN(S(=O)(=O)c2ccc(Cl)cc2)c2ccccc2O1)N1CCN(C(c2ccccc2)c2ccccc2)CC1. The van der Waals surface area contributed by atoms with Crippen molar-refractivity contribution >= 4 is 33.2 Å².